The third kappa shape index (κ3) is 3.76. The fourth-order valence-corrected chi connectivity index (χ4v) is 4.72. The lowest BCUT2D eigenvalue weighted by Gasteiger charge is -2.19. The standard InChI is InChI=1S/C28H25N3O2S/c1-3-29-24-19-21(20-11-7-5-8-12-20)15-17-25(24)33-26(29)18-16-23-27(32)30(4-2)28(34)31(23)22-13-9-6-10-14-22/h5-19H,3-4H2,1-2H3/b23-16-,26-18-. The van der Waals surface area contributed by atoms with Gasteiger partial charge in [0.05, 0.1) is 5.69 Å². The molecule has 3 aromatic rings. The molecule has 0 atom stereocenters. The predicted octanol–water partition coefficient (Wildman–Crippen LogP) is 5.95. The summed E-state index contributed by atoms with van der Waals surface area (Å²) >= 11 is 5.64. The van der Waals surface area contributed by atoms with Gasteiger partial charge in [0, 0.05) is 24.9 Å². The van der Waals surface area contributed by atoms with E-state index < -0.39 is 0 Å². The summed E-state index contributed by atoms with van der Waals surface area (Å²) < 4.78 is 6.18. The van der Waals surface area contributed by atoms with Crippen LogP contribution in [0.2, 0.25) is 0 Å². The van der Waals surface area contributed by atoms with Gasteiger partial charge in [-0.25, -0.2) is 0 Å². The Kier molecular flexibility index (Phi) is 5.90. The van der Waals surface area contributed by atoms with Crippen molar-refractivity contribution in [3.8, 4) is 16.9 Å². The Bertz CT molecular complexity index is 1300. The molecule has 6 heteroatoms. The molecule has 1 fully saturated rings. The topological polar surface area (TPSA) is 36.0 Å². The van der Waals surface area contributed by atoms with Crippen LogP contribution in [0, 0.1) is 0 Å². The third-order valence-corrected chi connectivity index (χ3v) is 6.40. The summed E-state index contributed by atoms with van der Waals surface area (Å²) in [5.74, 6) is 1.37. The normalized spacial score (nSPS) is 17.6. The highest BCUT2D eigenvalue weighted by atomic mass is 32.1. The van der Waals surface area contributed by atoms with Crippen LogP contribution in [0.4, 0.5) is 11.4 Å². The van der Waals surface area contributed by atoms with Crippen molar-refractivity contribution in [3.05, 3.63) is 103 Å². The van der Waals surface area contributed by atoms with Crippen molar-refractivity contribution in [2.75, 3.05) is 22.9 Å². The number of anilines is 2. The molecule has 0 radical (unpaired) electrons. The van der Waals surface area contributed by atoms with Gasteiger partial charge in [-0.1, -0.05) is 54.6 Å². The third-order valence-electron chi connectivity index (χ3n) is 6.00. The van der Waals surface area contributed by atoms with Gasteiger partial charge in [-0.3, -0.25) is 14.6 Å². The summed E-state index contributed by atoms with van der Waals surface area (Å²) in [6.45, 7) is 5.25. The molecule has 0 aromatic heterocycles. The maximum absolute atomic E-state index is 13.2. The molecule has 1 amide bonds. The Hall–Kier alpha value is -3.90. The van der Waals surface area contributed by atoms with Gasteiger partial charge < -0.3 is 9.64 Å². The summed E-state index contributed by atoms with van der Waals surface area (Å²) in [4.78, 5) is 18.7. The molecule has 34 heavy (non-hydrogen) atoms. The number of carbonyl (C=O) groups is 1. The monoisotopic (exact) mass is 467 g/mol. The minimum absolute atomic E-state index is 0.113. The van der Waals surface area contributed by atoms with Crippen molar-refractivity contribution in [3.63, 3.8) is 0 Å². The van der Waals surface area contributed by atoms with Gasteiger partial charge in [0.15, 0.2) is 10.9 Å². The number of benzene rings is 3. The largest absolute Gasteiger partial charge is 0.439 e. The Morgan fingerprint density at radius 3 is 2.18 bits per heavy atom. The first-order chi connectivity index (χ1) is 16.6. The second kappa shape index (κ2) is 9.15. The number of nitrogens with zero attached hydrogens (tertiary/aromatic N) is 3. The number of rotatable bonds is 5. The van der Waals surface area contributed by atoms with Gasteiger partial charge in [-0.2, -0.15) is 0 Å². The summed E-state index contributed by atoms with van der Waals surface area (Å²) in [5.41, 5.74) is 4.66. The van der Waals surface area contributed by atoms with Gasteiger partial charge in [0.25, 0.3) is 5.91 Å². The molecule has 2 heterocycles. The molecule has 0 bridgehead atoms. The zero-order chi connectivity index (χ0) is 23.7. The number of ether oxygens (including phenoxy) is 1. The number of likely N-dealkylation sites (N-methyl/N-ethyl adjacent to an activating group) is 1. The maximum Gasteiger partial charge on any atom is 0.277 e. The number of thiocarbonyl (C=S) groups is 1. The Morgan fingerprint density at radius 1 is 0.824 bits per heavy atom. The van der Waals surface area contributed by atoms with E-state index in [0.29, 0.717) is 23.2 Å². The van der Waals surface area contributed by atoms with Gasteiger partial charge in [0.2, 0.25) is 5.88 Å². The zero-order valence-electron chi connectivity index (χ0n) is 19.1. The van der Waals surface area contributed by atoms with Gasteiger partial charge in [-0.05, 0) is 67.5 Å². The Balaban J connectivity index is 1.51. The summed E-state index contributed by atoms with van der Waals surface area (Å²) in [6, 6.07) is 26.2. The summed E-state index contributed by atoms with van der Waals surface area (Å²) in [7, 11) is 0. The molecule has 170 valence electrons. The highest BCUT2D eigenvalue weighted by molar-refractivity contribution is 7.80. The van der Waals surface area contributed by atoms with Crippen molar-refractivity contribution >= 4 is 34.6 Å². The number of allylic oxidation sites excluding steroid dienone is 2. The van der Waals surface area contributed by atoms with Crippen LogP contribution < -0.4 is 14.5 Å². The van der Waals surface area contributed by atoms with E-state index in [1.54, 1.807) is 11.0 Å². The molecule has 0 spiro atoms. The second-order valence-electron chi connectivity index (χ2n) is 7.95. The quantitative estimate of drug-likeness (QED) is 0.342. The van der Waals surface area contributed by atoms with Crippen molar-refractivity contribution < 1.29 is 9.53 Å². The maximum atomic E-state index is 13.2. The Labute approximate surface area is 205 Å². The fourth-order valence-electron chi connectivity index (χ4n) is 4.31. The number of para-hydroxylation sites is 1. The molecular weight excluding hydrogens is 442 g/mol. The van der Waals surface area contributed by atoms with Crippen LogP contribution in [0.3, 0.4) is 0 Å². The lowest BCUT2D eigenvalue weighted by Crippen LogP contribution is -2.32. The number of hydrogen-bond donors (Lipinski definition) is 0. The summed E-state index contributed by atoms with van der Waals surface area (Å²) in [5, 5.41) is 0.485. The van der Waals surface area contributed by atoms with E-state index in [1.807, 2.05) is 72.5 Å². The first-order valence-corrected chi connectivity index (χ1v) is 11.8. The molecule has 5 rings (SSSR count). The molecule has 2 aliphatic heterocycles. The number of amides is 1. The first-order valence-electron chi connectivity index (χ1n) is 11.4. The van der Waals surface area contributed by atoms with Crippen molar-refractivity contribution in [1.29, 1.82) is 0 Å². The van der Waals surface area contributed by atoms with Crippen LogP contribution in [0.15, 0.2) is 103 Å². The smallest absolute Gasteiger partial charge is 0.277 e. The average molecular weight is 468 g/mol. The van der Waals surface area contributed by atoms with E-state index in [0.717, 1.165) is 34.8 Å². The van der Waals surface area contributed by atoms with Crippen molar-refractivity contribution in [2.45, 2.75) is 13.8 Å². The lowest BCUT2D eigenvalue weighted by atomic mass is 10.0. The highest BCUT2D eigenvalue weighted by Crippen LogP contribution is 2.41. The lowest BCUT2D eigenvalue weighted by molar-refractivity contribution is -0.122. The minimum Gasteiger partial charge on any atom is -0.439 e. The van der Waals surface area contributed by atoms with Gasteiger partial charge >= 0.3 is 0 Å². The minimum atomic E-state index is -0.113. The highest BCUT2D eigenvalue weighted by Gasteiger charge is 2.37. The van der Waals surface area contributed by atoms with E-state index >= 15 is 0 Å². The van der Waals surface area contributed by atoms with Crippen LogP contribution in [0.5, 0.6) is 5.75 Å². The van der Waals surface area contributed by atoms with E-state index in [-0.39, 0.29) is 5.91 Å². The molecule has 5 nitrogen and oxygen atoms in total. The summed E-state index contributed by atoms with van der Waals surface area (Å²) in [6.07, 6.45) is 3.66. The molecule has 0 N–H and O–H groups in total. The fraction of sp³-hybridized carbons (Fsp3) is 0.143. The van der Waals surface area contributed by atoms with E-state index in [4.69, 9.17) is 17.0 Å². The van der Waals surface area contributed by atoms with Crippen LogP contribution in [-0.2, 0) is 4.79 Å². The van der Waals surface area contributed by atoms with E-state index in [1.165, 1.54) is 0 Å². The zero-order valence-corrected chi connectivity index (χ0v) is 20.0. The predicted molar refractivity (Wildman–Crippen MR) is 141 cm³/mol. The number of hydrogen-bond acceptors (Lipinski definition) is 4. The van der Waals surface area contributed by atoms with Gasteiger partial charge in [-0.15, -0.1) is 0 Å². The molecular formula is C28H25N3O2S. The van der Waals surface area contributed by atoms with Crippen molar-refractivity contribution in [2.24, 2.45) is 0 Å². The molecule has 2 aliphatic rings. The van der Waals surface area contributed by atoms with E-state index in [9.17, 15) is 4.79 Å². The molecule has 0 saturated carbocycles. The van der Waals surface area contributed by atoms with Crippen LogP contribution in [0.25, 0.3) is 11.1 Å². The number of carbonyl (C=O) groups excluding carboxylic acids is 1. The second-order valence-corrected chi connectivity index (χ2v) is 8.32. The SMILES string of the molecule is CCN1C(=O)/C(=C/C=C2\Oc3ccc(-c4ccccc4)cc3N2CC)N(c2ccccc2)C1=S. The molecule has 1 saturated heterocycles. The number of fused-ring (bicyclic) bond motifs is 1. The average Bonchev–Trinajstić information content (AvgIpc) is 3.35. The van der Waals surface area contributed by atoms with Crippen LogP contribution >= 0.6 is 12.2 Å². The first kappa shape index (κ1) is 21.9. The van der Waals surface area contributed by atoms with Gasteiger partial charge in [0.1, 0.15) is 5.70 Å². The molecule has 0 aliphatic carbocycles. The molecule has 3 aromatic carbocycles. The van der Waals surface area contributed by atoms with Crippen LogP contribution in [0.1, 0.15) is 13.8 Å². The van der Waals surface area contributed by atoms with Crippen molar-refractivity contribution in [1.82, 2.24) is 4.90 Å². The van der Waals surface area contributed by atoms with E-state index in [2.05, 4.69) is 36.1 Å². The molecule has 0 unspecified atom stereocenters. The van der Waals surface area contributed by atoms with Crippen LogP contribution in [-0.4, -0.2) is 29.0 Å². The Morgan fingerprint density at radius 2 is 1.50 bits per heavy atom.